The minimum absolute atomic E-state index is 0. The van der Waals surface area contributed by atoms with Crippen LogP contribution in [0.1, 0.15) is 62.3 Å². The molecule has 1 aliphatic carbocycles. The van der Waals surface area contributed by atoms with E-state index in [9.17, 15) is 0 Å². The molecule has 0 bridgehead atoms. The largest absolute Gasteiger partial charge is 0.486 e. The molecular weight excluding hydrogens is 875 g/mol. The van der Waals surface area contributed by atoms with Crippen molar-refractivity contribution in [3.05, 3.63) is 132 Å². The van der Waals surface area contributed by atoms with Crippen LogP contribution < -0.4 is 4.40 Å². The van der Waals surface area contributed by atoms with E-state index >= 15 is 0 Å². The molecule has 3 aromatic carbocycles. The monoisotopic (exact) mass is 924 g/mol. The molecule has 52 heavy (non-hydrogen) atoms. The molecule has 4 nitrogen and oxygen atoms in total. The molecular formula is C46H47GeIrN3O-2. The summed E-state index contributed by atoms with van der Waals surface area (Å²) in [6, 6.07) is 38.1. The number of rotatable bonds is 7. The zero-order valence-electron chi connectivity index (χ0n) is 31.1. The number of benzene rings is 3. The maximum atomic E-state index is 6.37. The number of hydrogen-bond acceptors (Lipinski definition) is 4. The van der Waals surface area contributed by atoms with Crippen molar-refractivity contribution in [2.24, 2.45) is 5.92 Å². The normalized spacial score (nSPS) is 13.3. The third kappa shape index (κ3) is 8.33. The molecule has 0 atom stereocenters. The standard InChI is InChI=1S/C29H25N2O.C17H22GeN.Ir/c1-19-11-12-25-27-23(22-9-3-2-4-10-22)13-14-24(28(27)32-29(25)31-19)26-18-21(15-16-30-26)17-20-7-5-6-8-20;1-13(2)15-11-17(14-9-7-6-8-10-14)19-12-16(15)18(3,4)5;/h2-4,9-13,15-16,18,20H,5-8,17H2,1H3;6-9,11-13H,1-5H3;/q2*-1;. The summed E-state index contributed by atoms with van der Waals surface area (Å²) in [5.74, 6) is 8.63. The van der Waals surface area contributed by atoms with Crippen LogP contribution in [0.25, 0.3) is 55.7 Å². The Morgan fingerprint density at radius 3 is 2.35 bits per heavy atom. The van der Waals surface area contributed by atoms with E-state index in [2.05, 4.69) is 120 Å². The molecule has 4 heterocycles. The molecule has 8 rings (SSSR count). The van der Waals surface area contributed by atoms with Crippen molar-refractivity contribution >= 4 is 39.7 Å². The van der Waals surface area contributed by atoms with Gasteiger partial charge in [-0.1, -0.05) is 84.3 Å². The zero-order chi connectivity index (χ0) is 35.5. The summed E-state index contributed by atoms with van der Waals surface area (Å²) < 4.78 is 7.89. The Balaban J connectivity index is 0.000000200. The van der Waals surface area contributed by atoms with Crippen molar-refractivity contribution in [2.75, 3.05) is 0 Å². The summed E-state index contributed by atoms with van der Waals surface area (Å²) in [4.78, 5) is 14.1. The van der Waals surface area contributed by atoms with Gasteiger partial charge in [0.25, 0.3) is 0 Å². The molecule has 4 aromatic heterocycles. The van der Waals surface area contributed by atoms with Gasteiger partial charge in [0, 0.05) is 37.4 Å². The van der Waals surface area contributed by atoms with E-state index in [1.165, 1.54) is 41.2 Å². The smallest absolute Gasteiger partial charge is 0.216 e. The molecule has 267 valence electrons. The van der Waals surface area contributed by atoms with Crippen molar-refractivity contribution in [1.29, 1.82) is 0 Å². The average molecular weight is 923 g/mol. The van der Waals surface area contributed by atoms with Crippen LogP contribution in [0.15, 0.2) is 108 Å². The number of hydrogen-bond donors (Lipinski definition) is 0. The van der Waals surface area contributed by atoms with Crippen LogP contribution >= 0.6 is 0 Å². The second-order valence-corrected chi connectivity index (χ2v) is 25.9. The Hall–Kier alpha value is -3.90. The van der Waals surface area contributed by atoms with Crippen LogP contribution in [0.5, 0.6) is 0 Å². The molecule has 0 unspecified atom stereocenters. The first-order valence-electron chi connectivity index (χ1n) is 18.4. The van der Waals surface area contributed by atoms with E-state index in [-0.39, 0.29) is 20.1 Å². The van der Waals surface area contributed by atoms with Crippen molar-refractivity contribution in [1.82, 2.24) is 15.0 Å². The Kier molecular flexibility index (Phi) is 11.9. The maximum absolute atomic E-state index is 6.37. The minimum Gasteiger partial charge on any atom is -0.486 e. The van der Waals surface area contributed by atoms with Gasteiger partial charge in [-0.2, -0.15) is 0 Å². The third-order valence-corrected chi connectivity index (χ3v) is 14.3. The molecule has 1 saturated carbocycles. The number of pyridine rings is 3. The summed E-state index contributed by atoms with van der Waals surface area (Å²) in [7, 11) is 0. The van der Waals surface area contributed by atoms with E-state index < -0.39 is 13.3 Å². The van der Waals surface area contributed by atoms with E-state index in [1.807, 2.05) is 43.5 Å². The van der Waals surface area contributed by atoms with Crippen LogP contribution in [-0.4, -0.2) is 28.2 Å². The molecule has 6 heteroatoms. The fourth-order valence-electron chi connectivity index (χ4n) is 7.39. The van der Waals surface area contributed by atoms with E-state index in [0.29, 0.717) is 11.6 Å². The van der Waals surface area contributed by atoms with Crippen LogP contribution in [0.3, 0.4) is 0 Å². The van der Waals surface area contributed by atoms with Gasteiger partial charge < -0.3 is 9.40 Å². The van der Waals surface area contributed by atoms with Crippen LogP contribution in [0.4, 0.5) is 0 Å². The molecule has 1 radical (unpaired) electrons. The summed E-state index contributed by atoms with van der Waals surface area (Å²) in [5.41, 5.74) is 11.4. The van der Waals surface area contributed by atoms with Gasteiger partial charge >= 0.3 is 119 Å². The van der Waals surface area contributed by atoms with Gasteiger partial charge in [-0.05, 0) is 48.5 Å². The summed E-state index contributed by atoms with van der Waals surface area (Å²) >= 11 is -1.85. The first kappa shape index (κ1) is 37.8. The quantitative estimate of drug-likeness (QED) is 0.118. The number of fused-ring (bicyclic) bond motifs is 3. The van der Waals surface area contributed by atoms with Crippen molar-refractivity contribution < 1.29 is 24.5 Å². The van der Waals surface area contributed by atoms with Gasteiger partial charge in [0.1, 0.15) is 0 Å². The molecule has 0 aliphatic heterocycles. The fraction of sp³-hybridized carbons (Fsp3) is 0.283. The molecule has 0 spiro atoms. The Morgan fingerprint density at radius 1 is 0.865 bits per heavy atom. The van der Waals surface area contributed by atoms with Gasteiger partial charge in [-0.3, -0.25) is 0 Å². The van der Waals surface area contributed by atoms with Gasteiger partial charge in [0.15, 0.2) is 0 Å². The predicted molar refractivity (Wildman–Crippen MR) is 215 cm³/mol. The SMILES string of the molecule is CC(C)c1cc(-c2[c-]cccc2)nc[c]1[Ge]([CH3])([CH3])[CH3].Cc1ccc2c(n1)oc1c(-c3cc(CC4CCCC4)ccn3)[c-]cc(-c3ccccc3)c12.[Ir]. The maximum Gasteiger partial charge on any atom is 0.216 e. The summed E-state index contributed by atoms with van der Waals surface area (Å²) in [5, 5.41) is 2.11. The van der Waals surface area contributed by atoms with E-state index in [1.54, 1.807) is 0 Å². The van der Waals surface area contributed by atoms with Crippen LogP contribution in [-0.2, 0) is 26.5 Å². The molecule has 1 aliphatic rings. The topological polar surface area (TPSA) is 51.8 Å². The molecule has 7 aromatic rings. The first-order valence-corrected chi connectivity index (χ1v) is 25.7. The predicted octanol–water partition coefficient (Wildman–Crippen LogP) is 11.8. The number of nitrogens with zero attached hydrogens (tertiary/aromatic N) is 3. The van der Waals surface area contributed by atoms with Crippen LogP contribution in [0, 0.1) is 25.0 Å². The molecule has 0 amide bonds. The Bertz CT molecular complexity index is 2270. The van der Waals surface area contributed by atoms with Gasteiger partial charge in [0.05, 0.1) is 5.58 Å². The zero-order valence-corrected chi connectivity index (χ0v) is 35.6. The minimum atomic E-state index is -1.85. The Morgan fingerprint density at radius 2 is 1.63 bits per heavy atom. The van der Waals surface area contributed by atoms with Crippen molar-refractivity contribution in [3.63, 3.8) is 0 Å². The fourth-order valence-corrected chi connectivity index (χ4v) is 10.9. The second-order valence-electron chi connectivity index (χ2n) is 15.3. The number of aryl methyl sites for hydroxylation is 1. The Labute approximate surface area is 325 Å². The van der Waals surface area contributed by atoms with Crippen molar-refractivity contribution in [3.8, 4) is 33.6 Å². The van der Waals surface area contributed by atoms with E-state index in [4.69, 9.17) is 9.40 Å². The number of furan rings is 1. The number of aromatic nitrogens is 3. The van der Waals surface area contributed by atoms with Gasteiger partial charge in [-0.25, -0.2) is 4.98 Å². The molecule has 1 fully saturated rings. The van der Waals surface area contributed by atoms with Crippen molar-refractivity contribution in [2.45, 2.75) is 76.1 Å². The third-order valence-electron chi connectivity index (χ3n) is 10.1. The average Bonchev–Trinajstić information content (AvgIpc) is 3.79. The van der Waals surface area contributed by atoms with Gasteiger partial charge in [-0.15, -0.1) is 12.1 Å². The molecule has 0 N–H and O–H groups in total. The van der Waals surface area contributed by atoms with E-state index in [0.717, 1.165) is 68.0 Å². The summed E-state index contributed by atoms with van der Waals surface area (Å²) in [6.07, 6.45) is 10.6. The van der Waals surface area contributed by atoms with Crippen LogP contribution in [0.2, 0.25) is 17.3 Å². The summed E-state index contributed by atoms with van der Waals surface area (Å²) in [6.45, 7) is 6.53. The molecule has 0 saturated heterocycles. The first-order chi connectivity index (χ1) is 24.7. The van der Waals surface area contributed by atoms with Gasteiger partial charge in [0.2, 0.25) is 5.71 Å². The second kappa shape index (κ2) is 16.4.